The summed E-state index contributed by atoms with van der Waals surface area (Å²) in [4.78, 5) is 24.0. The number of primary amides is 1. The number of nitrogens with zero attached hydrogens (tertiary/aromatic N) is 1. The number of carbonyl (C=O) groups excluding carboxylic acids is 2. The standard InChI is InChI=1S/C20H19N3O4/c1-12-17(13(2)27-23-12)11-26-18-9-4-3-8-16(18)20(25)22-15-7-5-6-14(10-15)19(21)24/h3-10H,11H2,1-2H3,(H2,21,24)(H,22,25). The first kappa shape index (κ1) is 18.2. The summed E-state index contributed by atoms with van der Waals surface area (Å²) in [7, 11) is 0. The van der Waals surface area contributed by atoms with Crippen molar-refractivity contribution in [3.05, 3.63) is 76.7 Å². The highest BCUT2D eigenvalue weighted by molar-refractivity contribution is 6.06. The van der Waals surface area contributed by atoms with Crippen LogP contribution in [-0.2, 0) is 6.61 Å². The van der Waals surface area contributed by atoms with Crippen molar-refractivity contribution in [3.63, 3.8) is 0 Å². The molecule has 0 radical (unpaired) electrons. The molecule has 0 aliphatic rings. The van der Waals surface area contributed by atoms with Gasteiger partial charge in [-0.15, -0.1) is 0 Å². The molecule has 0 spiro atoms. The van der Waals surface area contributed by atoms with Crippen molar-refractivity contribution >= 4 is 17.5 Å². The molecule has 0 aliphatic carbocycles. The lowest BCUT2D eigenvalue weighted by atomic mass is 10.1. The molecule has 7 nitrogen and oxygen atoms in total. The summed E-state index contributed by atoms with van der Waals surface area (Å²) in [5.41, 5.74) is 8.02. The number of rotatable bonds is 6. The molecule has 0 aliphatic heterocycles. The smallest absolute Gasteiger partial charge is 0.259 e. The third kappa shape index (κ3) is 4.14. The van der Waals surface area contributed by atoms with E-state index in [1.165, 1.54) is 6.07 Å². The molecule has 0 saturated heterocycles. The molecule has 0 saturated carbocycles. The van der Waals surface area contributed by atoms with Crippen molar-refractivity contribution in [2.24, 2.45) is 5.73 Å². The van der Waals surface area contributed by atoms with Gasteiger partial charge >= 0.3 is 0 Å². The molecule has 0 unspecified atom stereocenters. The predicted molar refractivity (Wildman–Crippen MR) is 99.7 cm³/mol. The summed E-state index contributed by atoms with van der Waals surface area (Å²) in [6.45, 7) is 3.88. The van der Waals surface area contributed by atoms with Gasteiger partial charge in [-0.1, -0.05) is 23.4 Å². The fraction of sp³-hybridized carbons (Fsp3) is 0.150. The topological polar surface area (TPSA) is 107 Å². The van der Waals surface area contributed by atoms with Gasteiger partial charge in [-0.2, -0.15) is 0 Å². The number of carbonyl (C=O) groups is 2. The Hall–Kier alpha value is -3.61. The number of aromatic nitrogens is 1. The maximum absolute atomic E-state index is 12.7. The van der Waals surface area contributed by atoms with E-state index in [2.05, 4.69) is 10.5 Å². The molecule has 138 valence electrons. The van der Waals surface area contributed by atoms with Crippen LogP contribution in [0.15, 0.2) is 53.1 Å². The van der Waals surface area contributed by atoms with E-state index < -0.39 is 5.91 Å². The van der Waals surface area contributed by atoms with Gasteiger partial charge < -0.3 is 20.3 Å². The lowest BCUT2D eigenvalue weighted by molar-refractivity contribution is 0.0995. The van der Waals surface area contributed by atoms with Crippen LogP contribution >= 0.6 is 0 Å². The number of nitrogens with one attached hydrogen (secondary N) is 1. The number of hydrogen-bond acceptors (Lipinski definition) is 5. The van der Waals surface area contributed by atoms with Crippen molar-refractivity contribution < 1.29 is 18.8 Å². The van der Waals surface area contributed by atoms with Crippen molar-refractivity contribution in [3.8, 4) is 5.75 Å². The number of nitrogens with two attached hydrogens (primary N) is 1. The second-order valence-electron chi connectivity index (χ2n) is 5.99. The number of aryl methyl sites for hydroxylation is 2. The average molecular weight is 365 g/mol. The largest absolute Gasteiger partial charge is 0.488 e. The highest BCUT2D eigenvalue weighted by Gasteiger charge is 2.15. The first-order valence-corrected chi connectivity index (χ1v) is 8.30. The van der Waals surface area contributed by atoms with Crippen LogP contribution in [-0.4, -0.2) is 17.0 Å². The number of benzene rings is 2. The van der Waals surface area contributed by atoms with Crippen molar-refractivity contribution in [2.45, 2.75) is 20.5 Å². The Bertz CT molecular complexity index is 975. The van der Waals surface area contributed by atoms with Crippen LogP contribution in [0, 0.1) is 13.8 Å². The molecule has 1 aromatic heterocycles. The number of hydrogen-bond donors (Lipinski definition) is 2. The Morgan fingerprint density at radius 3 is 2.63 bits per heavy atom. The second-order valence-corrected chi connectivity index (χ2v) is 5.99. The molecule has 0 bridgehead atoms. The third-order valence-corrected chi connectivity index (χ3v) is 4.09. The van der Waals surface area contributed by atoms with E-state index in [4.69, 9.17) is 15.0 Å². The molecule has 1 heterocycles. The zero-order valence-electron chi connectivity index (χ0n) is 15.0. The zero-order chi connectivity index (χ0) is 19.4. The quantitative estimate of drug-likeness (QED) is 0.697. The maximum atomic E-state index is 12.7. The van der Waals surface area contributed by atoms with E-state index in [9.17, 15) is 9.59 Å². The SMILES string of the molecule is Cc1noc(C)c1COc1ccccc1C(=O)Nc1cccc(C(N)=O)c1. The lowest BCUT2D eigenvalue weighted by Gasteiger charge is -2.12. The molecule has 3 aromatic rings. The fourth-order valence-corrected chi connectivity index (χ4v) is 2.59. The van der Waals surface area contributed by atoms with Gasteiger partial charge in [0.2, 0.25) is 5.91 Å². The fourth-order valence-electron chi connectivity index (χ4n) is 2.59. The van der Waals surface area contributed by atoms with Crippen molar-refractivity contribution in [1.29, 1.82) is 0 Å². The van der Waals surface area contributed by atoms with Crippen molar-refractivity contribution in [2.75, 3.05) is 5.32 Å². The summed E-state index contributed by atoms with van der Waals surface area (Å²) in [5, 5.41) is 6.64. The Morgan fingerprint density at radius 1 is 1.15 bits per heavy atom. The Labute approximate surface area is 156 Å². The summed E-state index contributed by atoms with van der Waals surface area (Å²) >= 11 is 0. The van der Waals surface area contributed by atoms with Crippen LogP contribution in [0.25, 0.3) is 0 Å². The van der Waals surface area contributed by atoms with E-state index in [0.717, 1.165) is 11.3 Å². The molecule has 7 heteroatoms. The van der Waals surface area contributed by atoms with Gasteiger partial charge in [-0.25, -0.2) is 0 Å². The second kappa shape index (κ2) is 7.74. The van der Waals surface area contributed by atoms with Gasteiger partial charge in [0.25, 0.3) is 5.91 Å². The van der Waals surface area contributed by atoms with E-state index in [1.807, 2.05) is 13.8 Å². The number of para-hydroxylation sites is 1. The summed E-state index contributed by atoms with van der Waals surface area (Å²) in [5.74, 6) is 0.194. The first-order valence-electron chi connectivity index (χ1n) is 8.30. The summed E-state index contributed by atoms with van der Waals surface area (Å²) < 4.78 is 11.0. The van der Waals surface area contributed by atoms with E-state index in [-0.39, 0.29) is 12.5 Å². The molecule has 2 amide bonds. The molecule has 0 atom stereocenters. The van der Waals surface area contributed by atoms with Gasteiger partial charge in [0.05, 0.1) is 16.8 Å². The molecular weight excluding hydrogens is 346 g/mol. The number of anilines is 1. The van der Waals surface area contributed by atoms with Gasteiger partial charge in [-0.3, -0.25) is 9.59 Å². The van der Waals surface area contributed by atoms with E-state index in [1.54, 1.807) is 42.5 Å². The Balaban J connectivity index is 1.78. The minimum absolute atomic E-state index is 0.239. The summed E-state index contributed by atoms with van der Waals surface area (Å²) in [6.07, 6.45) is 0. The van der Waals surface area contributed by atoms with Gasteiger partial charge in [0, 0.05) is 11.3 Å². The molecule has 27 heavy (non-hydrogen) atoms. The van der Waals surface area contributed by atoms with Gasteiger partial charge in [-0.05, 0) is 44.2 Å². The normalized spacial score (nSPS) is 10.4. The molecule has 0 fully saturated rings. The highest BCUT2D eigenvalue weighted by atomic mass is 16.5. The Kier molecular flexibility index (Phi) is 5.21. The monoisotopic (exact) mass is 365 g/mol. The molecular formula is C20H19N3O4. The predicted octanol–water partition coefficient (Wildman–Crippen LogP) is 3.22. The van der Waals surface area contributed by atoms with Crippen LogP contribution in [0.2, 0.25) is 0 Å². The van der Waals surface area contributed by atoms with Crippen LogP contribution in [0.5, 0.6) is 5.75 Å². The summed E-state index contributed by atoms with van der Waals surface area (Å²) in [6, 6.07) is 13.3. The number of ether oxygens (including phenoxy) is 1. The minimum atomic E-state index is -0.561. The van der Waals surface area contributed by atoms with Gasteiger partial charge in [0.15, 0.2) is 0 Å². The van der Waals surface area contributed by atoms with Crippen LogP contribution < -0.4 is 15.8 Å². The van der Waals surface area contributed by atoms with Crippen molar-refractivity contribution in [1.82, 2.24) is 5.16 Å². The molecule has 3 rings (SSSR count). The highest BCUT2D eigenvalue weighted by Crippen LogP contribution is 2.23. The Morgan fingerprint density at radius 2 is 1.93 bits per heavy atom. The lowest BCUT2D eigenvalue weighted by Crippen LogP contribution is -2.15. The molecule has 2 aromatic carbocycles. The zero-order valence-corrected chi connectivity index (χ0v) is 15.0. The van der Waals surface area contributed by atoms with Crippen LogP contribution in [0.1, 0.15) is 37.7 Å². The molecule has 3 N–H and O–H groups in total. The van der Waals surface area contributed by atoms with Crippen LogP contribution in [0.4, 0.5) is 5.69 Å². The average Bonchev–Trinajstić information content (AvgIpc) is 2.98. The third-order valence-electron chi connectivity index (χ3n) is 4.09. The first-order chi connectivity index (χ1) is 13.0. The van der Waals surface area contributed by atoms with E-state index in [0.29, 0.717) is 28.3 Å². The maximum Gasteiger partial charge on any atom is 0.259 e. The van der Waals surface area contributed by atoms with Gasteiger partial charge in [0.1, 0.15) is 18.1 Å². The van der Waals surface area contributed by atoms with Crippen LogP contribution in [0.3, 0.4) is 0 Å². The number of amides is 2. The minimum Gasteiger partial charge on any atom is -0.488 e. The van der Waals surface area contributed by atoms with E-state index >= 15 is 0 Å².